The summed E-state index contributed by atoms with van der Waals surface area (Å²) in [6.07, 6.45) is 5.34. The van der Waals surface area contributed by atoms with Gasteiger partial charge in [0.2, 0.25) is 0 Å². The quantitative estimate of drug-likeness (QED) is 0.887. The summed E-state index contributed by atoms with van der Waals surface area (Å²) in [6.45, 7) is 0. The Morgan fingerprint density at radius 3 is 2.88 bits per heavy atom. The molecule has 94 valence electrons. The number of hydrogen-bond acceptors (Lipinski definition) is 3. The minimum absolute atomic E-state index is 0.653. The highest BCUT2D eigenvalue weighted by Crippen LogP contribution is 2.34. The number of ether oxygens (including phenoxy) is 1. The van der Waals surface area contributed by atoms with Gasteiger partial charge in [0.15, 0.2) is 0 Å². The highest BCUT2D eigenvalue weighted by Gasteiger charge is 2.24. The van der Waals surface area contributed by atoms with Gasteiger partial charge in [0.05, 0.1) is 7.11 Å². The maximum absolute atomic E-state index is 5.27. The minimum Gasteiger partial charge on any atom is -0.497 e. The van der Waals surface area contributed by atoms with Crippen LogP contribution in [-0.2, 0) is 0 Å². The van der Waals surface area contributed by atoms with Crippen molar-refractivity contribution in [3.8, 4) is 5.75 Å². The molecule has 0 spiro atoms. The molecule has 1 saturated carbocycles. The molecule has 0 amide bonds. The lowest BCUT2D eigenvalue weighted by Crippen LogP contribution is -2.38. The van der Waals surface area contributed by atoms with Gasteiger partial charge >= 0.3 is 0 Å². The monoisotopic (exact) mass is 251 g/mol. The molecule has 2 rings (SSSR count). The molecule has 2 unspecified atom stereocenters. The van der Waals surface area contributed by atoms with Crippen LogP contribution in [0.3, 0.4) is 0 Å². The van der Waals surface area contributed by atoms with Crippen LogP contribution in [0.15, 0.2) is 29.2 Å². The topological polar surface area (TPSA) is 21.3 Å². The lowest BCUT2D eigenvalue weighted by atomic mass is 9.95. The van der Waals surface area contributed by atoms with Crippen LogP contribution in [0.5, 0.6) is 5.75 Å². The molecular formula is C14H21NOS. The lowest BCUT2D eigenvalue weighted by Gasteiger charge is -2.30. The second kappa shape index (κ2) is 6.31. The summed E-state index contributed by atoms with van der Waals surface area (Å²) in [5.74, 6) is 0.951. The number of rotatable bonds is 4. The fraction of sp³-hybridized carbons (Fsp3) is 0.571. The van der Waals surface area contributed by atoms with E-state index >= 15 is 0 Å². The van der Waals surface area contributed by atoms with Gasteiger partial charge in [-0.25, -0.2) is 0 Å². The van der Waals surface area contributed by atoms with Crippen LogP contribution in [0, 0.1) is 0 Å². The average Bonchev–Trinajstić information content (AvgIpc) is 2.39. The third-order valence-electron chi connectivity index (χ3n) is 3.40. The molecule has 0 aromatic heterocycles. The molecule has 0 heterocycles. The Bertz CT molecular complexity index is 356. The van der Waals surface area contributed by atoms with Crippen molar-refractivity contribution in [1.82, 2.24) is 5.32 Å². The van der Waals surface area contributed by atoms with Crippen LogP contribution in [0.1, 0.15) is 25.7 Å². The van der Waals surface area contributed by atoms with E-state index in [1.807, 2.05) is 17.8 Å². The Hall–Kier alpha value is -0.670. The summed E-state index contributed by atoms with van der Waals surface area (Å²) < 4.78 is 5.27. The number of methoxy groups -OCH3 is 1. The van der Waals surface area contributed by atoms with Crippen molar-refractivity contribution in [3.05, 3.63) is 24.3 Å². The minimum atomic E-state index is 0.653. The summed E-state index contributed by atoms with van der Waals surface area (Å²) in [7, 11) is 3.80. The molecule has 1 aliphatic rings. The van der Waals surface area contributed by atoms with E-state index in [2.05, 4.69) is 30.6 Å². The van der Waals surface area contributed by atoms with Gasteiger partial charge in [-0.15, -0.1) is 11.8 Å². The van der Waals surface area contributed by atoms with E-state index in [1.165, 1.54) is 30.6 Å². The SMILES string of the molecule is CNC1CCCCC1Sc1cccc(OC)c1. The molecule has 0 aliphatic heterocycles. The molecule has 2 atom stereocenters. The van der Waals surface area contributed by atoms with E-state index < -0.39 is 0 Å². The molecule has 1 aliphatic carbocycles. The number of thioether (sulfide) groups is 1. The van der Waals surface area contributed by atoms with Crippen molar-refractivity contribution in [2.24, 2.45) is 0 Å². The van der Waals surface area contributed by atoms with Crippen LogP contribution in [0.2, 0.25) is 0 Å². The van der Waals surface area contributed by atoms with E-state index in [0.29, 0.717) is 11.3 Å². The first-order valence-electron chi connectivity index (χ1n) is 6.31. The fourth-order valence-corrected chi connectivity index (χ4v) is 3.83. The van der Waals surface area contributed by atoms with Gasteiger partial charge in [0.25, 0.3) is 0 Å². The van der Waals surface area contributed by atoms with Gasteiger partial charge in [-0.05, 0) is 38.1 Å². The first kappa shape index (κ1) is 12.8. The molecule has 0 bridgehead atoms. The van der Waals surface area contributed by atoms with Crippen LogP contribution in [0.4, 0.5) is 0 Å². The zero-order valence-electron chi connectivity index (χ0n) is 10.6. The van der Waals surface area contributed by atoms with Crippen LogP contribution < -0.4 is 10.1 Å². The molecule has 0 radical (unpaired) electrons. The molecular weight excluding hydrogens is 230 g/mol. The first-order chi connectivity index (χ1) is 8.33. The Balaban J connectivity index is 2.02. The zero-order valence-corrected chi connectivity index (χ0v) is 11.4. The lowest BCUT2D eigenvalue weighted by molar-refractivity contribution is 0.405. The van der Waals surface area contributed by atoms with Gasteiger partial charge in [-0.2, -0.15) is 0 Å². The Morgan fingerprint density at radius 1 is 1.29 bits per heavy atom. The highest BCUT2D eigenvalue weighted by molar-refractivity contribution is 8.00. The van der Waals surface area contributed by atoms with Gasteiger partial charge in [-0.3, -0.25) is 0 Å². The van der Waals surface area contributed by atoms with E-state index in [4.69, 9.17) is 4.74 Å². The maximum atomic E-state index is 5.27. The average molecular weight is 251 g/mol. The maximum Gasteiger partial charge on any atom is 0.119 e. The summed E-state index contributed by atoms with van der Waals surface area (Å²) in [5.41, 5.74) is 0. The van der Waals surface area contributed by atoms with E-state index in [9.17, 15) is 0 Å². The van der Waals surface area contributed by atoms with Crippen molar-refractivity contribution >= 4 is 11.8 Å². The van der Waals surface area contributed by atoms with Crippen molar-refractivity contribution in [2.45, 2.75) is 41.9 Å². The van der Waals surface area contributed by atoms with Crippen molar-refractivity contribution in [3.63, 3.8) is 0 Å². The van der Waals surface area contributed by atoms with Crippen LogP contribution >= 0.6 is 11.8 Å². The number of benzene rings is 1. The molecule has 1 fully saturated rings. The first-order valence-corrected chi connectivity index (χ1v) is 7.19. The fourth-order valence-electron chi connectivity index (χ4n) is 2.42. The zero-order chi connectivity index (χ0) is 12.1. The van der Waals surface area contributed by atoms with E-state index in [1.54, 1.807) is 7.11 Å². The van der Waals surface area contributed by atoms with E-state index in [0.717, 1.165) is 5.75 Å². The van der Waals surface area contributed by atoms with Crippen molar-refractivity contribution in [2.75, 3.05) is 14.2 Å². The number of hydrogen-bond donors (Lipinski definition) is 1. The summed E-state index contributed by atoms with van der Waals surface area (Å²) in [6, 6.07) is 9.03. The molecule has 1 N–H and O–H groups in total. The second-order valence-electron chi connectivity index (χ2n) is 4.51. The number of nitrogens with one attached hydrogen (secondary N) is 1. The standard InChI is InChI=1S/C14H21NOS/c1-15-13-8-3-4-9-14(13)17-12-7-5-6-11(10-12)16-2/h5-7,10,13-15H,3-4,8-9H2,1-2H3. The van der Waals surface area contributed by atoms with Gasteiger partial charge < -0.3 is 10.1 Å². The van der Waals surface area contributed by atoms with Crippen LogP contribution in [0.25, 0.3) is 0 Å². The Labute approximate surface area is 108 Å². The van der Waals surface area contributed by atoms with Gasteiger partial charge in [-0.1, -0.05) is 18.9 Å². The molecule has 1 aromatic carbocycles. The molecule has 2 nitrogen and oxygen atoms in total. The molecule has 1 aromatic rings. The molecule has 3 heteroatoms. The van der Waals surface area contributed by atoms with Gasteiger partial charge in [0, 0.05) is 16.2 Å². The summed E-state index contributed by atoms with van der Waals surface area (Å²) in [5, 5.41) is 4.15. The largest absolute Gasteiger partial charge is 0.497 e. The molecule has 17 heavy (non-hydrogen) atoms. The van der Waals surface area contributed by atoms with Crippen LogP contribution in [-0.4, -0.2) is 25.4 Å². The summed E-state index contributed by atoms with van der Waals surface area (Å²) >= 11 is 1.98. The van der Waals surface area contributed by atoms with Crippen molar-refractivity contribution in [1.29, 1.82) is 0 Å². The van der Waals surface area contributed by atoms with Gasteiger partial charge in [0.1, 0.15) is 5.75 Å². The molecule has 0 saturated heterocycles. The van der Waals surface area contributed by atoms with E-state index in [-0.39, 0.29) is 0 Å². The smallest absolute Gasteiger partial charge is 0.119 e. The predicted octanol–water partition coefficient (Wildman–Crippen LogP) is 3.32. The third-order valence-corrected chi connectivity index (χ3v) is 4.80. The second-order valence-corrected chi connectivity index (χ2v) is 5.83. The predicted molar refractivity (Wildman–Crippen MR) is 74.0 cm³/mol. The Kier molecular flexibility index (Phi) is 4.75. The normalized spacial score (nSPS) is 24.6. The summed E-state index contributed by atoms with van der Waals surface area (Å²) in [4.78, 5) is 1.32. The third kappa shape index (κ3) is 3.39. The highest BCUT2D eigenvalue weighted by atomic mass is 32.2. The van der Waals surface area contributed by atoms with Crippen molar-refractivity contribution < 1.29 is 4.74 Å². The Morgan fingerprint density at radius 2 is 2.12 bits per heavy atom.